The molecule has 0 aromatic carbocycles. The Morgan fingerprint density at radius 3 is 2.88 bits per heavy atom. The number of nitrogens with zero attached hydrogens (tertiary/aromatic N) is 1. The molecule has 1 N–H and O–H groups in total. The summed E-state index contributed by atoms with van der Waals surface area (Å²) in [6.45, 7) is 3.00. The third kappa shape index (κ3) is 3.71. The molecule has 0 spiro atoms. The maximum absolute atomic E-state index is 11.3. The van der Waals surface area contributed by atoms with Crippen molar-refractivity contribution < 1.29 is 4.39 Å². The first kappa shape index (κ1) is 7.53. The summed E-state index contributed by atoms with van der Waals surface area (Å²) in [6.07, 6.45) is 0. The predicted octanol–water partition coefficient (Wildman–Crippen LogP) is -0.401. The fraction of sp³-hybridized carbons (Fsp3) is 0.500. The van der Waals surface area contributed by atoms with Crippen molar-refractivity contribution in [2.24, 2.45) is 0 Å². The van der Waals surface area contributed by atoms with E-state index in [4.69, 9.17) is 0 Å². The first-order valence-electron chi connectivity index (χ1n) is 2.13. The van der Waals surface area contributed by atoms with Gasteiger partial charge in [-0.05, 0) is 12.6 Å². The van der Waals surface area contributed by atoms with Crippen molar-refractivity contribution in [3.63, 3.8) is 0 Å². The minimum atomic E-state index is -0.417. The molecule has 0 bridgehead atoms. The van der Waals surface area contributed by atoms with E-state index in [0.717, 1.165) is 0 Å². The van der Waals surface area contributed by atoms with Crippen LogP contribution in [0.15, 0.2) is 0 Å². The molecule has 0 aromatic rings. The third-order valence-corrected chi connectivity index (χ3v) is 0.827. The lowest BCUT2D eigenvalue weighted by Crippen LogP contribution is -2.22. The highest BCUT2D eigenvalue weighted by Gasteiger charge is 1.95. The number of nitrogens with one attached hydrogen (secondary N) is 1. The van der Waals surface area contributed by atoms with Crippen LogP contribution in [0.25, 0.3) is 0 Å². The number of alkyl halides is 1. The van der Waals surface area contributed by atoms with E-state index in [2.05, 4.69) is 29.3 Å². The van der Waals surface area contributed by atoms with E-state index in [-0.39, 0.29) is 6.54 Å². The van der Waals surface area contributed by atoms with E-state index < -0.39 is 6.67 Å². The number of rotatable bonds is 2. The van der Waals surface area contributed by atoms with Crippen molar-refractivity contribution in [3.8, 4) is 0 Å². The zero-order valence-electron chi connectivity index (χ0n) is 4.39. The molecule has 2 nitrogen and oxygen atoms in total. The lowest BCUT2D eigenvalue weighted by atomic mass is 10.7. The van der Waals surface area contributed by atoms with Crippen LogP contribution in [0.4, 0.5) is 4.39 Å². The van der Waals surface area contributed by atoms with Crippen LogP contribution in [-0.2, 0) is 0 Å². The summed E-state index contributed by atoms with van der Waals surface area (Å²) >= 11 is 3.77. The molecule has 0 unspecified atom stereocenters. The zero-order chi connectivity index (χ0) is 6.41. The van der Waals surface area contributed by atoms with Gasteiger partial charge in [0.2, 0.25) is 0 Å². The van der Waals surface area contributed by atoms with Gasteiger partial charge in [-0.3, -0.25) is 5.32 Å². The van der Waals surface area contributed by atoms with E-state index in [0.29, 0.717) is 5.17 Å². The predicted molar refractivity (Wildman–Crippen MR) is 37.2 cm³/mol. The molecule has 0 aliphatic rings. The van der Waals surface area contributed by atoms with Crippen molar-refractivity contribution in [2.45, 2.75) is 0 Å². The number of hydrogen-bond donors (Lipinski definition) is 2. The van der Waals surface area contributed by atoms with E-state index in [1.807, 2.05) is 0 Å². The Morgan fingerprint density at radius 2 is 2.50 bits per heavy atom. The summed E-state index contributed by atoms with van der Waals surface area (Å²) < 4.78 is 14.7. The number of halogens is 1. The van der Waals surface area contributed by atoms with Gasteiger partial charge in [0.1, 0.15) is 13.2 Å². The van der Waals surface area contributed by atoms with E-state index in [9.17, 15) is 4.39 Å². The van der Waals surface area contributed by atoms with E-state index in [1.165, 1.54) is 0 Å². The Kier molecular flexibility index (Phi) is 4.41. The molecule has 0 aromatic heterocycles. The summed E-state index contributed by atoms with van der Waals surface area (Å²) in [7, 11) is 0. The van der Waals surface area contributed by atoms with Crippen LogP contribution in [0.3, 0.4) is 0 Å². The van der Waals surface area contributed by atoms with E-state index in [1.54, 1.807) is 0 Å². The van der Waals surface area contributed by atoms with Crippen LogP contribution in [0.1, 0.15) is 0 Å². The minimum absolute atomic E-state index is 0.248. The van der Waals surface area contributed by atoms with Crippen molar-refractivity contribution in [3.05, 3.63) is 0 Å². The number of hydrogen-bond acceptors (Lipinski definition) is 0. The highest BCUT2D eigenvalue weighted by molar-refractivity contribution is 7.96. The molecule has 0 aliphatic heterocycles. The molecule has 0 radical (unpaired) electrons. The molecule has 0 atom stereocenters. The van der Waals surface area contributed by atoms with Crippen molar-refractivity contribution >= 4 is 24.5 Å². The van der Waals surface area contributed by atoms with Crippen molar-refractivity contribution in [1.82, 2.24) is 9.98 Å². The Labute approximate surface area is 52.9 Å². The van der Waals surface area contributed by atoms with Gasteiger partial charge in [0.15, 0.2) is 6.72 Å². The SMILES string of the molecule is C=[N+]=C(S)NCCF. The quantitative estimate of drug-likeness (QED) is 0.229. The Bertz CT molecular complexity index is 109. The molecule has 0 heterocycles. The molecule has 8 heavy (non-hydrogen) atoms. The molecular weight excluding hydrogens is 127 g/mol. The van der Waals surface area contributed by atoms with Crippen LogP contribution in [-0.4, -0.2) is 25.1 Å². The lowest BCUT2D eigenvalue weighted by Gasteiger charge is -1.84. The number of amidine groups is 1. The monoisotopic (exact) mass is 135 g/mol. The van der Waals surface area contributed by atoms with Crippen LogP contribution in [0, 0.1) is 0 Å². The summed E-state index contributed by atoms with van der Waals surface area (Å²) in [5.41, 5.74) is 0. The van der Waals surface area contributed by atoms with Gasteiger partial charge in [0.05, 0.1) is 0 Å². The number of thiol groups is 1. The molecule has 0 saturated heterocycles. The first-order valence-corrected chi connectivity index (χ1v) is 2.58. The molecule has 0 amide bonds. The van der Waals surface area contributed by atoms with Crippen LogP contribution < -0.4 is 9.98 Å². The summed E-state index contributed by atoms with van der Waals surface area (Å²) in [4.78, 5) is 0. The van der Waals surface area contributed by atoms with Gasteiger partial charge in [-0.15, -0.1) is 0 Å². The highest BCUT2D eigenvalue weighted by atomic mass is 32.1. The van der Waals surface area contributed by atoms with Gasteiger partial charge in [0.25, 0.3) is 0 Å². The van der Waals surface area contributed by atoms with Gasteiger partial charge in [0, 0.05) is 0 Å². The van der Waals surface area contributed by atoms with Gasteiger partial charge in [-0.1, -0.05) is 0 Å². The summed E-state index contributed by atoms with van der Waals surface area (Å²) in [5.74, 6) is 0. The Hall–Kier alpha value is -0.470. The fourth-order valence-electron chi connectivity index (χ4n) is 0.215. The van der Waals surface area contributed by atoms with Crippen LogP contribution in [0.2, 0.25) is 0 Å². The largest absolute Gasteiger partial charge is 0.400 e. The van der Waals surface area contributed by atoms with Crippen LogP contribution in [0.5, 0.6) is 0 Å². The standard InChI is InChI=1S/C4H7FN2S/c1-6-4(8)7-3-2-5/h1-3H2,(H,7,8)/p+1. The smallest absolute Gasteiger partial charge is 0.252 e. The second-order valence-corrected chi connectivity index (χ2v) is 1.52. The molecule has 0 saturated carbocycles. The first-order chi connectivity index (χ1) is 3.81. The third-order valence-electron chi connectivity index (χ3n) is 0.527. The average Bonchev–Trinajstić information content (AvgIpc) is 1.83. The van der Waals surface area contributed by atoms with Crippen molar-refractivity contribution in [1.29, 1.82) is 0 Å². The second kappa shape index (κ2) is 4.68. The molecule has 4 heteroatoms. The van der Waals surface area contributed by atoms with Gasteiger partial charge in [-0.25, -0.2) is 9.06 Å². The van der Waals surface area contributed by atoms with E-state index >= 15 is 0 Å². The Morgan fingerprint density at radius 1 is 1.88 bits per heavy atom. The van der Waals surface area contributed by atoms with Crippen molar-refractivity contribution in [2.75, 3.05) is 13.2 Å². The maximum Gasteiger partial charge on any atom is 0.400 e. The fourth-order valence-corrected chi connectivity index (χ4v) is 0.327. The zero-order valence-corrected chi connectivity index (χ0v) is 5.29. The normalized spacial score (nSPS) is 7.75. The molecule has 0 aliphatic carbocycles. The van der Waals surface area contributed by atoms with Crippen LogP contribution >= 0.6 is 12.6 Å². The molecule has 0 rings (SSSR count). The average molecular weight is 135 g/mol. The molecule has 46 valence electrons. The Balaban J connectivity index is 3.26. The molecular formula is C4H8FN2S+. The van der Waals surface area contributed by atoms with Gasteiger partial charge in [-0.2, -0.15) is 0 Å². The second-order valence-electron chi connectivity index (χ2n) is 1.10. The summed E-state index contributed by atoms with van der Waals surface area (Å²) in [5, 5.41) is 2.92. The topological polar surface area (TPSA) is 26.1 Å². The minimum Gasteiger partial charge on any atom is -0.252 e. The highest BCUT2D eigenvalue weighted by Crippen LogP contribution is 1.69. The lowest BCUT2D eigenvalue weighted by molar-refractivity contribution is 0.492. The van der Waals surface area contributed by atoms with Gasteiger partial charge < -0.3 is 0 Å². The molecule has 0 fully saturated rings. The maximum atomic E-state index is 11.3. The summed E-state index contributed by atoms with van der Waals surface area (Å²) in [6, 6.07) is 0. The van der Waals surface area contributed by atoms with Gasteiger partial charge >= 0.3 is 5.17 Å².